The Bertz CT molecular complexity index is 647. The number of nitro benzene ring substituents is 1. The Morgan fingerprint density at radius 3 is 2.45 bits per heavy atom. The van der Waals surface area contributed by atoms with E-state index in [0.717, 1.165) is 12.1 Å². The molecule has 0 aliphatic heterocycles. The molecule has 0 aliphatic carbocycles. The number of furan rings is 1. The van der Waals surface area contributed by atoms with E-state index in [1.54, 1.807) is 6.07 Å². The Morgan fingerprint density at radius 2 is 1.95 bits per heavy atom. The zero-order valence-corrected chi connectivity index (χ0v) is 10.4. The van der Waals surface area contributed by atoms with Crippen LogP contribution in [0.15, 0.2) is 34.7 Å². The molecule has 0 radical (unpaired) electrons. The van der Waals surface area contributed by atoms with Gasteiger partial charge in [-0.05, 0) is 24.3 Å². The van der Waals surface area contributed by atoms with E-state index in [4.69, 9.17) is 4.42 Å². The number of hydrogen-bond donors (Lipinski definition) is 0. The van der Waals surface area contributed by atoms with Gasteiger partial charge in [-0.3, -0.25) is 10.1 Å². The molecule has 1 aromatic heterocycles. The molecule has 0 amide bonds. The summed E-state index contributed by atoms with van der Waals surface area (Å²) in [6.07, 6.45) is -4.03. The van der Waals surface area contributed by atoms with Gasteiger partial charge in [-0.15, -0.1) is 0 Å². The number of rotatable bonds is 3. The molecule has 0 spiro atoms. The van der Waals surface area contributed by atoms with Crippen molar-refractivity contribution in [1.29, 1.82) is 0 Å². The van der Waals surface area contributed by atoms with Crippen LogP contribution in [0, 0.1) is 10.1 Å². The normalized spacial score (nSPS) is 11.6. The number of halogens is 3. The minimum Gasteiger partial charge on any atom is -0.461 e. The van der Waals surface area contributed by atoms with E-state index in [1.807, 2.05) is 6.92 Å². The van der Waals surface area contributed by atoms with Crippen LogP contribution in [0.4, 0.5) is 18.9 Å². The smallest absolute Gasteiger partial charge is 0.416 e. The lowest BCUT2D eigenvalue weighted by Crippen LogP contribution is -2.06. The molecule has 2 aromatic rings. The van der Waals surface area contributed by atoms with Crippen molar-refractivity contribution >= 4 is 5.69 Å². The number of nitrogens with zero attached hydrogens (tertiary/aromatic N) is 1. The molecular weight excluding hydrogens is 275 g/mol. The van der Waals surface area contributed by atoms with Crippen molar-refractivity contribution in [2.24, 2.45) is 0 Å². The van der Waals surface area contributed by atoms with E-state index >= 15 is 0 Å². The molecule has 0 aliphatic rings. The lowest BCUT2D eigenvalue weighted by molar-refractivity contribution is -0.384. The predicted molar refractivity (Wildman–Crippen MR) is 65.2 cm³/mol. The second-order valence-corrected chi connectivity index (χ2v) is 4.11. The Labute approximate surface area is 112 Å². The topological polar surface area (TPSA) is 56.3 Å². The molecule has 0 saturated carbocycles. The minimum absolute atomic E-state index is 0.0303. The van der Waals surface area contributed by atoms with Gasteiger partial charge in [-0.2, -0.15) is 13.2 Å². The molecule has 0 saturated heterocycles. The first-order valence-corrected chi connectivity index (χ1v) is 5.77. The summed E-state index contributed by atoms with van der Waals surface area (Å²) in [5, 5.41) is 10.9. The van der Waals surface area contributed by atoms with E-state index < -0.39 is 22.4 Å². The Balaban J connectivity index is 2.56. The van der Waals surface area contributed by atoms with E-state index in [2.05, 4.69) is 0 Å². The van der Waals surface area contributed by atoms with E-state index in [0.29, 0.717) is 18.2 Å². The molecule has 1 heterocycles. The van der Waals surface area contributed by atoms with Crippen molar-refractivity contribution in [3.8, 4) is 11.3 Å². The SMILES string of the molecule is CCc1ccc(-c2ccc(C(F)(F)F)cc2[N+](=O)[O-])o1. The van der Waals surface area contributed by atoms with Crippen LogP contribution in [0.3, 0.4) is 0 Å². The number of alkyl halides is 3. The van der Waals surface area contributed by atoms with Crippen LogP contribution in [0.5, 0.6) is 0 Å². The maximum absolute atomic E-state index is 12.6. The highest BCUT2D eigenvalue weighted by molar-refractivity contribution is 5.70. The van der Waals surface area contributed by atoms with Crippen molar-refractivity contribution in [3.63, 3.8) is 0 Å². The van der Waals surface area contributed by atoms with Gasteiger partial charge >= 0.3 is 6.18 Å². The fourth-order valence-corrected chi connectivity index (χ4v) is 1.78. The lowest BCUT2D eigenvalue weighted by Gasteiger charge is -2.07. The van der Waals surface area contributed by atoms with Crippen molar-refractivity contribution in [3.05, 3.63) is 51.8 Å². The first kappa shape index (κ1) is 14.1. The van der Waals surface area contributed by atoms with Gasteiger partial charge in [0.05, 0.1) is 16.1 Å². The van der Waals surface area contributed by atoms with Gasteiger partial charge in [-0.25, -0.2) is 0 Å². The second-order valence-electron chi connectivity index (χ2n) is 4.11. The highest BCUT2D eigenvalue weighted by Gasteiger charge is 2.33. The molecule has 0 bridgehead atoms. The molecule has 0 N–H and O–H groups in total. The van der Waals surface area contributed by atoms with Gasteiger partial charge in [0, 0.05) is 12.5 Å². The van der Waals surface area contributed by atoms with Gasteiger partial charge in [-0.1, -0.05) is 6.92 Å². The second kappa shape index (κ2) is 4.99. The third-order valence-electron chi connectivity index (χ3n) is 2.80. The Kier molecular flexibility index (Phi) is 3.52. The summed E-state index contributed by atoms with van der Waals surface area (Å²) in [6, 6.07) is 5.52. The first-order chi connectivity index (χ1) is 9.32. The molecule has 4 nitrogen and oxygen atoms in total. The number of hydrogen-bond acceptors (Lipinski definition) is 3. The summed E-state index contributed by atoms with van der Waals surface area (Å²) >= 11 is 0. The summed E-state index contributed by atoms with van der Waals surface area (Å²) in [5.41, 5.74) is -1.66. The maximum atomic E-state index is 12.6. The van der Waals surface area contributed by atoms with Gasteiger partial charge in [0.1, 0.15) is 11.5 Å². The minimum atomic E-state index is -4.62. The van der Waals surface area contributed by atoms with Crippen LogP contribution in [0.1, 0.15) is 18.2 Å². The molecule has 7 heteroatoms. The van der Waals surface area contributed by atoms with Gasteiger partial charge in [0.2, 0.25) is 0 Å². The molecule has 106 valence electrons. The van der Waals surface area contributed by atoms with Gasteiger partial charge in [0.15, 0.2) is 0 Å². The predicted octanol–water partition coefficient (Wildman–Crippen LogP) is 4.44. The number of nitro groups is 1. The largest absolute Gasteiger partial charge is 0.461 e. The fraction of sp³-hybridized carbons (Fsp3) is 0.231. The third kappa shape index (κ3) is 2.66. The summed E-state index contributed by atoms with van der Waals surface area (Å²) in [6.45, 7) is 1.84. The Hall–Kier alpha value is -2.31. The summed E-state index contributed by atoms with van der Waals surface area (Å²) in [7, 11) is 0. The average Bonchev–Trinajstić information content (AvgIpc) is 2.85. The zero-order valence-electron chi connectivity index (χ0n) is 10.4. The summed E-state index contributed by atoms with van der Waals surface area (Å²) in [4.78, 5) is 10.1. The summed E-state index contributed by atoms with van der Waals surface area (Å²) in [5.74, 6) is 0.788. The van der Waals surface area contributed by atoms with Crippen molar-refractivity contribution in [2.45, 2.75) is 19.5 Å². The standard InChI is InChI=1S/C13H10F3NO3/c1-2-9-4-6-12(20-9)10-5-3-8(13(14,15)16)7-11(10)17(18)19/h3-7H,2H2,1H3. The van der Waals surface area contributed by atoms with Crippen LogP contribution in [-0.4, -0.2) is 4.92 Å². The zero-order chi connectivity index (χ0) is 14.9. The molecule has 20 heavy (non-hydrogen) atoms. The van der Waals surface area contributed by atoms with Crippen LogP contribution >= 0.6 is 0 Å². The van der Waals surface area contributed by atoms with Crippen LogP contribution in [0.25, 0.3) is 11.3 Å². The van der Waals surface area contributed by atoms with E-state index in [9.17, 15) is 23.3 Å². The van der Waals surface area contributed by atoms with E-state index in [-0.39, 0.29) is 11.3 Å². The highest BCUT2D eigenvalue weighted by Crippen LogP contribution is 2.37. The molecule has 1 aromatic carbocycles. The highest BCUT2D eigenvalue weighted by atomic mass is 19.4. The molecule has 0 unspecified atom stereocenters. The fourth-order valence-electron chi connectivity index (χ4n) is 1.78. The lowest BCUT2D eigenvalue weighted by atomic mass is 10.1. The molecule has 0 atom stereocenters. The van der Waals surface area contributed by atoms with Crippen LogP contribution in [0.2, 0.25) is 0 Å². The van der Waals surface area contributed by atoms with E-state index in [1.165, 1.54) is 6.07 Å². The first-order valence-electron chi connectivity index (χ1n) is 5.77. The molecule has 2 rings (SSSR count). The molecule has 0 fully saturated rings. The average molecular weight is 285 g/mol. The molecular formula is C13H10F3NO3. The Morgan fingerprint density at radius 1 is 1.25 bits per heavy atom. The summed E-state index contributed by atoms with van der Waals surface area (Å²) < 4.78 is 43.1. The van der Waals surface area contributed by atoms with Crippen molar-refractivity contribution < 1.29 is 22.5 Å². The third-order valence-corrected chi connectivity index (χ3v) is 2.80. The van der Waals surface area contributed by atoms with Crippen LogP contribution < -0.4 is 0 Å². The quantitative estimate of drug-likeness (QED) is 0.619. The van der Waals surface area contributed by atoms with Gasteiger partial charge < -0.3 is 4.42 Å². The monoisotopic (exact) mass is 285 g/mol. The van der Waals surface area contributed by atoms with Crippen LogP contribution in [-0.2, 0) is 12.6 Å². The number of benzene rings is 1. The van der Waals surface area contributed by atoms with Crippen molar-refractivity contribution in [2.75, 3.05) is 0 Å². The van der Waals surface area contributed by atoms with Crippen molar-refractivity contribution in [1.82, 2.24) is 0 Å². The van der Waals surface area contributed by atoms with Gasteiger partial charge in [0.25, 0.3) is 5.69 Å². The number of aryl methyl sites for hydroxylation is 1. The maximum Gasteiger partial charge on any atom is 0.416 e.